The first kappa shape index (κ1) is 19.9. The number of amides is 4. The molecule has 2 heterocycles. The van der Waals surface area contributed by atoms with Crippen molar-refractivity contribution >= 4 is 23.5 Å². The lowest BCUT2D eigenvalue weighted by atomic mass is 9.83. The number of fused-ring (bicyclic) bond motifs is 1. The lowest BCUT2D eigenvalue weighted by Gasteiger charge is -2.29. The molecule has 1 aromatic carbocycles. The van der Waals surface area contributed by atoms with Crippen LogP contribution in [-0.2, 0) is 15.0 Å². The van der Waals surface area contributed by atoms with Crippen LogP contribution in [0.25, 0.3) is 0 Å². The minimum absolute atomic E-state index is 0.000650. The van der Waals surface area contributed by atoms with Crippen molar-refractivity contribution < 1.29 is 14.4 Å². The fourth-order valence-electron chi connectivity index (χ4n) is 3.85. The van der Waals surface area contributed by atoms with Gasteiger partial charge in [-0.1, -0.05) is 45.4 Å². The predicted molar refractivity (Wildman–Crippen MR) is 109 cm³/mol. The van der Waals surface area contributed by atoms with Gasteiger partial charge in [-0.3, -0.25) is 19.4 Å². The summed E-state index contributed by atoms with van der Waals surface area (Å²) in [6.45, 7) is 7.31. The summed E-state index contributed by atoms with van der Waals surface area (Å²) in [5, 5.41) is 0. The second-order valence-electron chi connectivity index (χ2n) is 7.79. The van der Waals surface area contributed by atoms with E-state index in [9.17, 15) is 14.4 Å². The lowest BCUT2D eigenvalue weighted by molar-refractivity contribution is -0.134. The number of urea groups is 1. The highest BCUT2D eigenvalue weighted by Gasteiger charge is 2.40. The Bertz CT molecular complexity index is 872. The zero-order valence-corrected chi connectivity index (χ0v) is 17.2. The molecule has 1 fully saturated rings. The highest BCUT2D eigenvalue weighted by Crippen LogP contribution is 2.47. The van der Waals surface area contributed by atoms with Gasteiger partial charge in [-0.25, -0.2) is 4.79 Å². The first-order valence-electron chi connectivity index (χ1n) is 9.61. The van der Waals surface area contributed by atoms with Crippen molar-refractivity contribution in [3.63, 3.8) is 0 Å². The van der Waals surface area contributed by atoms with E-state index in [-0.39, 0.29) is 11.0 Å². The molecule has 4 amide bonds. The van der Waals surface area contributed by atoms with E-state index >= 15 is 0 Å². The Labute approximate surface area is 166 Å². The van der Waals surface area contributed by atoms with Gasteiger partial charge in [0, 0.05) is 37.4 Å². The number of imide groups is 2. The largest absolute Gasteiger partial charge is 0.344 e. The first-order valence-corrected chi connectivity index (χ1v) is 9.61. The maximum Gasteiger partial charge on any atom is 0.333 e. The number of hydrogen-bond donors (Lipinski definition) is 0. The van der Waals surface area contributed by atoms with Gasteiger partial charge in [0.05, 0.1) is 0 Å². The minimum Gasteiger partial charge on any atom is -0.344 e. The van der Waals surface area contributed by atoms with E-state index in [0.29, 0.717) is 0 Å². The monoisotopic (exact) mass is 381 g/mol. The maximum absolute atomic E-state index is 12.5. The molecule has 2 aliphatic heterocycles. The molecule has 0 bridgehead atoms. The highest BCUT2D eigenvalue weighted by atomic mass is 16.2. The van der Waals surface area contributed by atoms with Crippen LogP contribution in [0.3, 0.4) is 0 Å². The van der Waals surface area contributed by atoms with E-state index in [0.717, 1.165) is 40.6 Å². The second kappa shape index (κ2) is 7.26. The number of benzene rings is 1. The van der Waals surface area contributed by atoms with Crippen LogP contribution in [0.5, 0.6) is 0 Å². The highest BCUT2D eigenvalue weighted by molar-refractivity contribution is 6.28. The number of anilines is 1. The molecule has 0 atom stereocenters. The van der Waals surface area contributed by atoms with Crippen molar-refractivity contribution in [2.24, 2.45) is 0 Å². The van der Waals surface area contributed by atoms with E-state index in [1.54, 1.807) is 6.08 Å². The molecule has 6 heteroatoms. The van der Waals surface area contributed by atoms with Gasteiger partial charge in [0.15, 0.2) is 0 Å². The molecule has 0 N–H and O–H groups in total. The van der Waals surface area contributed by atoms with Gasteiger partial charge in [0.1, 0.15) is 5.57 Å². The van der Waals surface area contributed by atoms with Crippen molar-refractivity contribution in [1.82, 2.24) is 9.80 Å². The standard InChI is InChI=1S/C22H27N3O3/c1-6-7-14-25-17-11-9-8-10-16(17)22(2,3)18(25)13-12-15-19(26)23(4)21(28)24(5)20(15)27/h8-13H,6-7,14H2,1-5H3. The van der Waals surface area contributed by atoms with Crippen molar-refractivity contribution in [3.05, 3.63) is 53.3 Å². The second-order valence-corrected chi connectivity index (χ2v) is 7.79. The Morgan fingerprint density at radius 2 is 1.57 bits per heavy atom. The summed E-state index contributed by atoms with van der Waals surface area (Å²) in [7, 11) is 2.77. The van der Waals surface area contributed by atoms with Crippen LogP contribution >= 0.6 is 0 Å². The zero-order valence-electron chi connectivity index (χ0n) is 17.2. The minimum atomic E-state index is -0.613. The molecule has 28 heavy (non-hydrogen) atoms. The van der Waals surface area contributed by atoms with E-state index in [1.165, 1.54) is 19.7 Å². The molecule has 0 unspecified atom stereocenters. The van der Waals surface area contributed by atoms with Crippen LogP contribution in [0.2, 0.25) is 0 Å². The van der Waals surface area contributed by atoms with Crippen LogP contribution in [0.4, 0.5) is 10.5 Å². The summed E-state index contributed by atoms with van der Waals surface area (Å²) in [5.41, 5.74) is 3.17. The van der Waals surface area contributed by atoms with Crippen molar-refractivity contribution in [3.8, 4) is 0 Å². The topological polar surface area (TPSA) is 60.9 Å². The fraction of sp³-hybridized carbons (Fsp3) is 0.409. The fourth-order valence-corrected chi connectivity index (χ4v) is 3.85. The molecule has 2 aliphatic rings. The average molecular weight is 381 g/mol. The first-order chi connectivity index (χ1) is 13.2. The zero-order chi connectivity index (χ0) is 20.6. The SMILES string of the molecule is CCCCN1C(=CC=C2C(=O)N(C)C(=O)N(C)C2=O)C(C)(C)c2ccccc21. The Balaban J connectivity index is 2.06. The number of nitrogens with zero attached hydrogens (tertiary/aromatic N) is 3. The number of carbonyl (C=O) groups excluding carboxylic acids is 3. The van der Waals surface area contributed by atoms with Gasteiger partial charge in [-0.05, 0) is 30.2 Å². The van der Waals surface area contributed by atoms with Crippen LogP contribution in [0.1, 0.15) is 39.2 Å². The molecule has 1 aromatic rings. The average Bonchev–Trinajstić information content (AvgIpc) is 2.90. The van der Waals surface area contributed by atoms with E-state index in [1.807, 2.05) is 18.2 Å². The van der Waals surface area contributed by atoms with Crippen molar-refractivity contribution in [2.45, 2.75) is 39.0 Å². The normalized spacial score (nSPS) is 20.3. The van der Waals surface area contributed by atoms with Gasteiger partial charge < -0.3 is 4.90 Å². The van der Waals surface area contributed by atoms with E-state index < -0.39 is 17.8 Å². The van der Waals surface area contributed by atoms with Crippen molar-refractivity contribution in [1.29, 1.82) is 0 Å². The third-order valence-corrected chi connectivity index (χ3v) is 5.59. The Kier molecular flexibility index (Phi) is 5.15. The Morgan fingerprint density at radius 1 is 0.964 bits per heavy atom. The van der Waals surface area contributed by atoms with Crippen LogP contribution in [-0.4, -0.2) is 48.3 Å². The Hall–Kier alpha value is -2.89. The predicted octanol–water partition coefficient (Wildman–Crippen LogP) is 3.45. The summed E-state index contributed by atoms with van der Waals surface area (Å²) < 4.78 is 0. The van der Waals surface area contributed by atoms with Gasteiger partial charge in [0.2, 0.25) is 0 Å². The van der Waals surface area contributed by atoms with Crippen LogP contribution < -0.4 is 4.90 Å². The van der Waals surface area contributed by atoms with Gasteiger partial charge in [0.25, 0.3) is 11.8 Å². The third kappa shape index (κ3) is 3.03. The molecular formula is C22H27N3O3. The molecule has 1 saturated heterocycles. The quantitative estimate of drug-likeness (QED) is 0.592. The molecule has 148 valence electrons. The maximum atomic E-state index is 12.5. The molecule has 0 radical (unpaired) electrons. The summed E-state index contributed by atoms with van der Waals surface area (Å²) in [5.74, 6) is -1.14. The Morgan fingerprint density at radius 3 is 2.18 bits per heavy atom. The molecule has 0 spiro atoms. The number of carbonyl (C=O) groups is 3. The summed E-state index contributed by atoms with van der Waals surface area (Å²) in [4.78, 5) is 41.1. The molecular weight excluding hydrogens is 354 g/mol. The number of barbiturate groups is 1. The number of allylic oxidation sites excluding steroid dienone is 3. The van der Waals surface area contributed by atoms with Gasteiger partial charge >= 0.3 is 6.03 Å². The summed E-state index contributed by atoms with van der Waals surface area (Å²) in [6, 6.07) is 7.68. The number of likely N-dealkylation sites (N-methyl/N-ethyl adjacent to an activating group) is 2. The van der Waals surface area contributed by atoms with Crippen LogP contribution in [0.15, 0.2) is 47.7 Å². The van der Waals surface area contributed by atoms with Crippen LogP contribution in [0, 0.1) is 0 Å². The summed E-state index contributed by atoms with van der Waals surface area (Å²) in [6.07, 6.45) is 5.53. The lowest BCUT2D eigenvalue weighted by Crippen LogP contribution is -2.53. The molecule has 0 aliphatic carbocycles. The van der Waals surface area contributed by atoms with E-state index in [2.05, 4.69) is 37.8 Å². The number of para-hydroxylation sites is 1. The van der Waals surface area contributed by atoms with E-state index in [4.69, 9.17) is 0 Å². The van der Waals surface area contributed by atoms with Crippen molar-refractivity contribution in [2.75, 3.05) is 25.5 Å². The molecule has 0 saturated carbocycles. The third-order valence-electron chi connectivity index (χ3n) is 5.59. The number of rotatable bonds is 4. The number of hydrogen-bond acceptors (Lipinski definition) is 4. The molecule has 6 nitrogen and oxygen atoms in total. The molecule has 0 aromatic heterocycles. The smallest absolute Gasteiger partial charge is 0.333 e. The van der Waals surface area contributed by atoms with Gasteiger partial charge in [-0.2, -0.15) is 0 Å². The van der Waals surface area contributed by atoms with Gasteiger partial charge in [-0.15, -0.1) is 0 Å². The summed E-state index contributed by atoms with van der Waals surface area (Å²) >= 11 is 0. The molecule has 3 rings (SSSR count). The number of unbranched alkanes of at least 4 members (excludes halogenated alkanes) is 1.